The van der Waals surface area contributed by atoms with E-state index < -0.39 is 75.2 Å². The molecule has 0 bridgehead atoms. The van der Waals surface area contributed by atoms with Gasteiger partial charge in [-0.15, -0.1) is 0 Å². The second-order valence-corrected chi connectivity index (χ2v) is 6.03. The van der Waals surface area contributed by atoms with Crippen LogP contribution in [0, 0.1) is 29.1 Å². The zero-order valence-electron chi connectivity index (χ0n) is 15.0. The van der Waals surface area contributed by atoms with Gasteiger partial charge in [0, 0.05) is 12.1 Å². The van der Waals surface area contributed by atoms with Crippen LogP contribution < -0.4 is 20.9 Å². The third kappa shape index (κ3) is 4.27. The molecule has 3 aromatic rings. The van der Waals surface area contributed by atoms with Crippen LogP contribution in [0.2, 0.25) is 0 Å². The Morgan fingerprint density at radius 3 is 1.58 bits per heavy atom. The van der Waals surface area contributed by atoms with Crippen molar-refractivity contribution in [3.8, 4) is 23.0 Å². The van der Waals surface area contributed by atoms with Crippen LogP contribution in [0.15, 0.2) is 36.4 Å². The fourth-order valence-corrected chi connectivity index (χ4v) is 2.47. The van der Waals surface area contributed by atoms with Crippen molar-refractivity contribution in [2.45, 2.75) is 6.18 Å². The lowest BCUT2D eigenvalue weighted by molar-refractivity contribution is -0.141. The molecule has 0 radical (unpaired) electrons. The molecule has 0 amide bonds. The lowest BCUT2D eigenvalue weighted by Crippen LogP contribution is -2.11. The number of nitrogen functional groups attached to an aromatic ring is 2. The molecule has 0 aliphatic heterocycles. The number of anilines is 2. The van der Waals surface area contributed by atoms with E-state index in [0.29, 0.717) is 24.3 Å². The van der Waals surface area contributed by atoms with Gasteiger partial charge in [-0.3, -0.25) is 0 Å². The number of ether oxygens (including phenoxy) is 2. The Balaban J connectivity index is 2.10. The van der Waals surface area contributed by atoms with E-state index in [-0.39, 0.29) is 6.07 Å². The number of halogens is 8. The normalized spacial score (nSPS) is 11.5. The minimum absolute atomic E-state index is 0.254. The first-order chi connectivity index (χ1) is 14.4. The summed E-state index contributed by atoms with van der Waals surface area (Å²) in [6.07, 6.45) is -5.30. The minimum atomic E-state index is -5.30. The summed E-state index contributed by atoms with van der Waals surface area (Å²) in [7, 11) is 0. The van der Waals surface area contributed by atoms with Crippen molar-refractivity contribution in [3.63, 3.8) is 0 Å². The molecule has 4 N–H and O–H groups in total. The summed E-state index contributed by atoms with van der Waals surface area (Å²) >= 11 is 0. The van der Waals surface area contributed by atoms with Gasteiger partial charge in [0.2, 0.25) is 0 Å². The SMILES string of the molecule is Nc1c(F)ccc(Oc2cc(F)c(C(F)(F)F)c(Oc3ccc(F)c(N)c3F)c2)c1F. The van der Waals surface area contributed by atoms with Crippen LogP contribution in [-0.2, 0) is 6.18 Å². The highest BCUT2D eigenvalue weighted by Gasteiger charge is 2.39. The lowest BCUT2D eigenvalue weighted by Gasteiger charge is -2.17. The van der Waals surface area contributed by atoms with Crippen molar-refractivity contribution in [1.82, 2.24) is 0 Å². The van der Waals surface area contributed by atoms with Gasteiger partial charge in [-0.05, 0) is 24.3 Å². The third-order valence-electron chi connectivity index (χ3n) is 3.94. The molecule has 0 saturated carbocycles. The fraction of sp³-hybridized carbons (Fsp3) is 0.0526. The molecule has 0 spiro atoms. The Morgan fingerprint density at radius 2 is 1.10 bits per heavy atom. The number of rotatable bonds is 4. The second kappa shape index (κ2) is 7.85. The Hall–Kier alpha value is -3.70. The van der Waals surface area contributed by atoms with Gasteiger partial charge in [-0.1, -0.05) is 0 Å². The van der Waals surface area contributed by atoms with Crippen LogP contribution >= 0.6 is 0 Å². The molecule has 4 nitrogen and oxygen atoms in total. The van der Waals surface area contributed by atoms with Crippen LogP contribution in [0.3, 0.4) is 0 Å². The van der Waals surface area contributed by atoms with E-state index in [4.69, 9.17) is 20.9 Å². The highest BCUT2D eigenvalue weighted by atomic mass is 19.4. The molecule has 0 heterocycles. The molecule has 164 valence electrons. The molecule has 0 aliphatic rings. The van der Waals surface area contributed by atoms with E-state index in [1.165, 1.54) is 0 Å². The molecule has 3 rings (SSSR count). The highest BCUT2D eigenvalue weighted by molar-refractivity contribution is 5.53. The largest absolute Gasteiger partial charge is 0.454 e. The Bertz CT molecular complexity index is 1160. The molecule has 0 unspecified atom stereocenters. The molecular weight excluding hydrogens is 440 g/mol. The third-order valence-corrected chi connectivity index (χ3v) is 3.94. The lowest BCUT2D eigenvalue weighted by atomic mass is 10.1. The monoisotopic (exact) mass is 450 g/mol. The van der Waals surface area contributed by atoms with Gasteiger partial charge >= 0.3 is 6.18 Å². The van der Waals surface area contributed by atoms with E-state index in [9.17, 15) is 35.1 Å². The topological polar surface area (TPSA) is 70.5 Å². The van der Waals surface area contributed by atoms with Crippen LogP contribution in [0.5, 0.6) is 23.0 Å². The average Bonchev–Trinajstić information content (AvgIpc) is 2.67. The van der Waals surface area contributed by atoms with Crippen LogP contribution in [-0.4, -0.2) is 0 Å². The first-order valence-electron chi connectivity index (χ1n) is 8.13. The molecule has 0 aromatic heterocycles. The zero-order valence-corrected chi connectivity index (χ0v) is 15.0. The summed E-state index contributed by atoms with van der Waals surface area (Å²) in [6, 6.07) is 3.45. The maximum atomic E-state index is 14.3. The summed E-state index contributed by atoms with van der Waals surface area (Å²) in [4.78, 5) is 0. The van der Waals surface area contributed by atoms with E-state index in [2.05, 4.69) is 0 Å². The van der Waals surface area contributed by atoms with Crippen molar-refractivity contribution in [2.75, 3.05) is 11.5 Å². The molecule has 0 atom stereocenters. The van der Waals surface area contributed by atoms with Crippen molar-refractivity contribution in [1.29, 1.82) is 0 Å². The fourth-order valence-electron chi connectivity index (χ4n) is 2.47. The van der Waals surface area contributed by atoms with E-state index in [1.54, 1.807) is 0 Å². The number of hydrogen-bond donors (Lipinski definition) is 2. The molecule has 12 heteroatoms. The standard InChI is InChI=1S/C19H10F8N2O2/c20-8-1-3-11(15(23)17(8)28)30-7-5-10(22)14(19(25,26)27)13(6-7)31-12-4-2-9(21)18(29)16(12)24/h1-6H,28-29H2. The highest BCUT2D eigenvalue weighted by Crippen LogP contribution is 2.44. The van der Waals surface area contributed by atoms with Gasteiger partial charge in [0.1, 0.15) is 45.9 Å². The van der Waals surface area contributed by atoms with Gasteiger partial charge < -0.3 is 20.9 Å². The summed E-state index contributed by atoms with van der Waals surface area (Å²) in [5.41, 5.74) is 6.37. The Labute approximate surface area is 168 Å². The summed E-state index contributed by atoms with van der Waals surface area (Å²) in [6.45, 7) is 0. The van der Waals surface area contributed by atoms with Gasteiger partial charge in [-0.25, -0.2) is 22.0 Å². The Kier molecular flexibility index (Phi) is 5.57. The predicted octanol–water partition coefficient (Wildman–Crippen LogP) is 6.15. The molecular formula is C19H10F8N2O2. The zero-order chi connectivity index (χ0) is 23.1. The number of nitrogens with two attached hydrogens (primary N) is 2. The number of alkyl halides is 3. The van der Waals surface area contributed by atoms with E-state index >= 15 is 0 Å². The number of benzene rings is 3. The van der Waals surface area contributed by atoms with E-state index in [0.717, 1.165) is 6.07 Å². The quantitative estimate of drug-likeness (QED) is 0.370. The summed E-state index contributed by atoms with van der Waals surface area (Å²) in [5.74, 6) is -10.9. The Morgan fingerprint density at radius 1 is 0.613 bits per heavy atom. The maximum absolute atomic E-state index is 14.3. The smallest absolute Gasteiger partial charge is 0.422 e. The minimum Gasteiger partial charge on any atom is -0.454 e. The maximum Gasteiger partial charge on any atom is 0.422 e. The predicted molar refractivity (Wildman–Crippen MR) is 93.1 cm³/mol. The van der Waals surface area contributed by atoms with Crippen molar-refractivity contribution in [2.24, 2.45) is 0 Å². The van der Waals surface area contributed by atoms with Gasteiger partial charge in [0.15, 0.2) is 23.1 Å². The summed E-state index contributed by atoms with van der Waals surface area (Å²) in [5, 5.41) is 0. The van der Waals surface area contributed by atoms with E-state index in [1.807, 2.05) is 0 Å². The van der Waals surface area contributed by atoms with Crippen molar-refractivity contribution in [3.05, 3.63) is 71.0 Å². The van der Waals surface area contributed by atoms with Crippen molar-refractivity contribution < 1.29 is 44.6 Å². The summed E-state index contributed by atoms with van der Waals surface area (Å²) < 4.78 is 119. The molecule has 0 saturated heterocycles. The average molecular weight is 450 g/mol. The van der Waals surface area contributed by atoms with Gasteiger partial charge in [0.25, 0.3) is 0 Å². The van der Waals surface area contributed by atoms with Crippen LogP contribution in [0.1, 0.15) is 5.56 Å². The number of hydrogen-bond acceptors (Lipinski definition) is 4. The molecule has 0 fully saturated rings. The van der Waals surface area contributed by atoms with Gasteiger partial charge in [0.05, 0.1) is 0 Å². The first kappa shape index (κ1) is 22.0. The molecule has 3 aromatic carbocycles. The first-order valence-corrected chi connectivity index (χ1v) is 8.13. The van der Waals surface area contributed by atoms with Crippen LogP contribution in [0.4, 0.5) is 46.5 Å². The van der Waals surface area contributed by atoms with Gasteiger partial charge in [-0.2, -0.15) is 13.2 Å². The molecule has 0 aliphatic carbocycles. The van der Waals surface area contributed by atoms with Crippen LogP contribution in [0.25, 0.3) is 0 Å². The molecule has 31 heavy (non-hydrogen) atoms. The van der Waals surface area contributed by atoms with Crippen molar-refractivity contribution >= 4 is 11.4 Å². The second-order valence-electron chi connectivity index (χ2n) is 6.03.